The Balaban J connectivity index is 1.70. The number of carbonyl (C=O) groups is 1. The molecule has 0 heterocycles. The van der Waals surface area contributed by atoms with Crippen LogP contribution in [-0.2, 0) is 14.8 Å². The Hall–Kier alpha value is -3.49. The van der Waals surface area contributed by atoms with Crippen molar-refractivity contribution in [1.29, 1.82) is 0 Å². The molecule has 0 aromatic heterocycles. The quantitative estimate of drug-likeness (QED) is 0.461. The Labute approximate surface area is 198 Å². The molecule has 0 aliphatic rings. The van der Waals surface area contributed by atoms with Crippen molar-refractivity contribution < 1.29 is 22.7 Å². The molecule has 0 bridgehead atoms. The summed E-state index contributed by atoms with van der Waals surface area (Å²) in [7, 11) is 0.906. The normalized spacial score (nSPS) is 11.3. The van der Waals surface area contributed by atoms with Crippen molar-refractivity contribution in [3.8, 4) is 11.5 Å². The minimum atomic E-state index is -3.80. The third-order valence-electron chi connectivity index (χ3n) is 4.81. The van der Waals surface area contributed by atoms with Crippen molar-refractivity contribution in [3.05, 3.63) is 83.4 Å². The van der Waals surface area contributed by atoms with Gasteiger partial charge < -0.3 is 14.4 Å². The van der Waals surface area contributed by atoms with E-state index < -0.39 is 10.0 Å². The Morgan fingerprint density at radius 1 is 0.970 bits per heavy atom. The molecule has 0 spiro atoms. The molecule has 0 radical (unpaired) electrons. The average molecular weight is 487 g/mol. The third-order valence-corrected chi connectivity index (χ3v) is 6.52. The number of anilines is 2. The minimum absolute atomic E-state index is 0.0772. The highest BCUT2D eigenvalue weighted by atomic mass is 35.5. The van der Waals surface area contributed by atoms with Crippen LogP contribution in [0.5, 0.6) is 11.5 Å². The number of likely N-dealkylation sites (N-methyl/N-ethyl adjacent to an activating group) is 1. The van der Waals surface area contributed by atoms with E-state index in [-0.39, 0.29) is 10.8 Å². The number of nitrogens with zero attached hydrogens (tertiary/aromatic N) is 1. The third kappa shape index (κ3) is 5.85. The molecular formula is C24H23ClN2O5S. The van der Waals surface area contributed by atoms with E-state index in [0.29, 0.717) is 33.5 Å². The number of sulfonamides is 1. The molecule has 9 heteroatoms. The number of rotatable bonds is 8. The topological polar surface area (TPSA) is 84.9 Å². The summed E-state index contributed by atoms with van der Waals surface area (Å²) in [6, 6.07) is 17.9. The van der Waals surface area contributed by atoms with Crippen LogP contribution < -0.4 is 19.1 Å². The highest BCUT2D eigenvalue weighted by Gasteiger charge is 2.15. The molecule has 0 aliphatic carbocycles. The van der Waals surface area contributed by atoms with Gasteiger partial charge in [0, 0.05) is 24.9 Å². The second-order valence-electron chi connectivity index (χ2n) is 6.92. The van der Waals surface area contributed by atoms with E-state index in [1.165, 1.54) is 30.2 Å². The minimum Gasteiger partial charge on any atom is -0.493 e. The Morgan fingerprint density at radius 2 is 1.64 bits per heavy atom. The van der Waals surface area contributed by atoms with Gasteiger partial charge in [-0.3, -0.25) is 9.52 Å². The van der Waals surface area contributed by atoms with Gasteiger partial charge in [0.05, 0.1) is 29.8 Å². The van der Waals surface area contributed by atoms with Crippen LogP contribution >= 0.6 is 11.6 Å². The zero-order valence-corrected chi connectivity index (χ0v) is 19.9. The second-order valence-corrected chi connectivity index (χ2v) is 9.01. The van der Waals surface area contributed by atoms with Gasteiger partial charge in [-0.2, -0.15) is 0 Å². The lowest BCUT2D eigenvalue weighted by atomic mass is 10.2. The number of amides is 1. The van der Waals surface area contributed by atoms with Gasteiger partial charge in [-0.05, 0) is 48.0 Å². The number of hydrogen-bond donors (Lipinski definition) is 1. The maximum absolute atomic E-state index is 12.6. The fourth-order valence-corrected chi connectivity index (χ4v) is 4.26. The summed E-state index contributed by atoms with van der Waals surface area (Å²) in [5.41, 5.74) is 1.60. The van der Waals surface area contributed by atoms with Crippen molar-refractivity contribution >= 4 is 45.0 Å². The first-order valence-corrected chi connectivity index (χ1v) is 11.7. The second kappa shape index (κ2) is 10.4. The smallest absolute Gasteiger partial charge is 0.261 e. The van der Waals surface area contributed by atoms with Gasteiger partial charge in [0.2, 0.25) is 0 Å². The molecule has 33 heavy (non-hydrogen) atoms. The van der Waals surface area contributed by atoms with Gasteiger partial charge >= 0.3 is 0 Å². The van der Waals surface area contributed by atoms with E-state index >= 15 is 0 Å². The van der Waals surface area contributed by atoms with Gasteiger partial charge in [-0.1, -0.05) is 35.9 Å². The summed E-state index contributed by atoms with van der Waals surface area (Å²) in [5.74, 6) is 0.817. The molecule has 0 atom stereocenters. The number of halogens is 1. The summed E-state index contributed by atoms with van der Waals surface area (Å²) in [6.07, 6.45) is 3.01. The molecule has 0 aliphatic heterocycles. The molecule has 3 rings (SSSR count). The van der Waals surface area contributed by atoms with Gasteiger partial charge in [-0.25, -0.2) is 8.42 Å². The van der Waals surface area contributed by atoms with Gasteiger partial charge in [-0.15, -0.1) is 0 Å². The summed E-state index contributed by atoms with van der Waals surface area (Å²) < 4.78 is 38.2. The SMILES string of the molecule is COc1ccc(N(C)C(=O)/C=C/c2ccc(S(=O)(=O)Nc3ccccc3Cl)cc2)cc1OC. The molecule has 1 N–H and O–H groups in total. The highest BCUT2D eigenvalue weighted by molar-refractivity contribution is 7.92. The fraction of sp³-hybridized carbons (Fsp3) is 0.125. The van der Waals surface area contributed by atoms with E-state index in [1.54, 1.807) is 74.8 Å². The molecular weight excluding hydrogens is 464 g/mol. The molecule has 3 aromatic rings. The van der Waals surface area contributed by atoms with Crippen LogP contribution in [-0.4, -0.2) is 35.6 Å². The van der Waals surface area contributed by atoms with Crippen LogP contribution in [0.25, 0.3) is 6.08 Å². The molecule has 172 valence electrons. The maximum atomic E-state index is 12.6. The zero-order valence-electron chi connectivity index (χ0n) is 18.3. The van der Waals surface area contributed by atoms with E-state index in [0.717, 1.165) is 0 Å². The summed E-state index contributed by atoms with van der Waals surface area (Å²) in [5, 5.41) is 0.303. The number of ether oxygens (including phenoxy) is 2. The molecule has 0 fully saturated rings. The summed E-state index contributed by atoms with van der Waals surface area (Å²) in [4.78, 5) is 14.1. The van der Waals surface area contributed by atoms with Crippen LogP contribution in [0, 0.1) is 0 Å². The first-order valence-electron chi connectivity index (χ1n) is 9.80. The van der Waals surface area contributed by atoms with E-state index in [9.17, 15) is 13.2 Å². The van der Waals surface area contributed by atoms with E-state index in [2.05, 4.69) is 4.72 Å². The maximum Gasteiger partial charge on any atom is 0.261 e. The standard InChI is InChI=1S/C24H23ClN2O5S/c1-27(18-11-14-22(31-2)23(16-18)32-3)24(28)15-10-17-8-12-19(13-9-17)33(29,30)26-21-7-5-4-6-20(21)25/h4-16,26H,1-3H3/b15-10+. The molecule has 0 saturated carbocycles. The van der Waals surface area contributed by atoms with Crippen LogP contribution in [0.2, 0.25) is 5.02 Å². The number of benzene rings is 3. The van der Waals surface area contributed by atoms with Crippen molar-refractivity contribution in [3.63, 3.8) is 0 Å². The van der Waals surface area contributed by atoms with Gasteiger partial charge in [0.15, 0.2) is 11.5 Å². The largest absolute Gasteiger partial charge is 0.493 e. The highest BCUT2D eigenvalue weighted by Crippen LogP contribution is 2.31. The molecule has 7 nitrogen and oxygen atoms in total. The Bertz CT molecular complexity index is 1270. The van der Waals surface area contributed by atoms with Gasteiger partial charge in [0.25, 0.3) is 15.9 Å². The number of hydrogen-bond acceptors (Lipinski definition) is 5. The lowest BCUT2D eigenvalue weighted by molar-refractivity contribution is -0.113. The van der Waals surface area contributed by atoms with Crippen molar-refractivity contribution in [2.24, 2.45) is 0 Å². The number of methoxy groups -OCH3 is 2. The number of nitrogens with one attached hydrogen (secondary N) is 1. The van der Waals surface area contributed by atoms with Crippen LogP contribution in [0.3, 0.4) is 0 Å². The number of para-hydroxylation sites is 1. The Morgan fingerprint density at radius 3 is 2.27 bits per heavy atom. The zero-order chi connectivity index (χ0) is 24.0. The fourth-order valence-electron chi connectivity index (χ4n) is 2.95. The van der Waals surface area contributed by atoms with Crippen LogP contribution in [0.15, 0.2) is 77.7 Å². The lowest BCUT2D eigenvalue weighted by Crippen LogP contribution is -2.23. The van der Waals surface area contributed by atoms with Crippen molar-refractivity contribution in [2.75, 3.05) is 30.9 Å². The summed E-state index contributed by atoms with van der Waals surface area (Å²) in [6.45, 7) is 0. The molecule has 1 amide bonds. The average Bonchev–Trinajstić information content (AvgIpc) is 2.83. The molecule has 0 unspecified atom stereocenters. The predicted molar refractivity (Wildman–Crippen MR) is 131 cm³/mol. The first kappa shape index (κ1) is 24.2. The lowest BCUT2D eigenvalue weighted by Gasteiger charge is -2.17. The number of carbonyl (C=O) groups excluding carboxylic acids is 1. The molecule has 0 saturated heterocycles. The van der Waals surface area contributed by atoms with Crippen molar-refractivity contribution in [1.82, 2.24) is 0 Å². The van der Waals surface area contributed by atoms with Crippen LogP contribution in [0.4, 0.5) is 11.4 Å². The first-order chi connectivity index (χ1) is 15.7. The van der Waals surface area contributed by atoms with E-state index in [1.807, 2.05) is 0 Å². The van der Waals surface area contributed by atoms with Crippen molar-refractivity contribution in [2.45, 2.75) is 4.90 Å². The predicted octanol–water partition coefficient (Wildman–Crippen LogP) is 4.83. The summed E-state index contributed by atoms with van der Waals surface area (Å²) >= 11 is 6.03. The van der Waals surface area contributed by atoms with E-state index in [4.69, 9.17) is 21.1 Å². The van der Waals surface area contributed by atoms with Gasteiger partial charge in [0.1, 0.15) is 0 Å². The Kier molecular flexibility index (Phi) is 7.63. The monoisotopic (exact) mass is 486 g/mol. The van der Waals surface area contributed by atoms with Crippen LogP contribution in [0.1, 0.15) is 5.56 Å². The molecule has 3 aromatic carbocycles.